The fraction of sp³-hybridized carbons (Fsp3) is 0.188. The average Bonchev–Trinajstić information content (AvgIpc) is 2.53. The van der Waals surface area contributed by atoms with Crippen molar-refractivity contribution in [1.82, 2.24) is 0 Å². The van der Waals surface area contributed by atoms with Gasteiger partial charge in [-0.3, -0.25) is 4.99 Å². The van der Waals surface area contributed by atoms with Gasteiger partial charge in [0.1, 0.15) is 5.75 Å². The molecule has 0 bridgehead atoms. The highest BCUT2D eigenvalue weighted by atomic mass is 127. The third-order valence-corrected chi connectivity index (χ3v) is 3.66. The van der Waals surface area contributed by atoms with E-state index in [2.05, 4.69) is 10.3 Å². The Bertz CT molecular complexity index is 696. The van der Waals surface area contributed by atoms with E-state index >= 15 is 0 Å². The maximum atomic E-state index is 10.1. The molecule has 0 saturated carbocycles. The van der Waals surface area contributed by atoms with Crippen LogP contribution in [-0.2, 0) is 0 Å². The van der Waals surface area contributed by atoms with Crippen molar-refractivity contribution in [3.05, 3.63) is 58.1 Å². The number of rotatable bonds is 5. The lowest BCUT2D eigenvalue weighted by molar-refractivity contribution is 0.187. The van der Waals surface area contributed by atoms with Crippen LogP contribution in [0, 0.1) is 0 Å². The molecule has 0 saturated heterocycles. The summed E-state index contributed by atoms with van der Waals surface area (Å²) in [6.07, 6.45) is -0.757. The molecule has 0 spiro atoms. The van der Waals surface area contributed by atoms with Crippen LogP contribution < -0.4 is 15.8 Å². The average molecular weight is 482 g/mol. The van der Waals surface area contributed by atoms with Crippen molar-refractivity contribution in [2.75, 3.05) is 19.0 Å². The van der Waals surface area contributed by atoms with E-state index in [1.165, 1.54) is 0 Å². The third-order valence-electron chi connectivity index (χ3n) is 3.11. The largest absolute Gasteiger partial charge is 0.495 e. The summed E-state index contributed by atoms with van der Waals surface area (Å²) in [5.41, 5.74) is 7.21. The lowest BCUT2D eigenvalue weighted by atomic mass is 10.1. The summed E-state index contributed by atoms with van der Waals surface area (Å²) in [5, 5.41) is 14.1. The fourth-order valence-electron chi connectivity index (χ4n) is 1.91. The number of aliphatic hydroxyl groups excluding tert-OH is 1. The Morgan fingerprint density at radius 2 is 1.92 bits per heavy atom. The smallest absolute Gasteiger partial charge is 0.193 e. The summed E-state index contributed by atoms with van der Waals surface area (Å²) < 4.78 is 5.08. The molecule has 1 atom stereocenters. The summed E-state index contributed by atoms with van der Waals surface area (Å²) in [5.74, 6) is 0.755. The van der Waals surface area contributed by atoms with E-state index in [1.807, 2.05) is 0 Å². The quantitative estimate of drug-likeness (QED) is 0.341. The number of nitrogens with two attached hydrogens (primary N) is 1. The minimum Gasteiger partial charge on any atom is -0.495 e. The van der Waals surface area contributed by atoms with E-state index in [9.17, 15) is 5.11 Å². The zero-order valence-corrected chi connectivity index (χ0v) is 16.7. The van der Waals surface area contributed by atoms with Crippen LogP contribution in [0.5, 0.6) is 5.75 Å². The monoisotopic (exact) mass is 481 g/mol. The molecule has 0 heterocycles. The van der Waals surface area contributed by atoms with Crippen LogP contribution in [-0.4, -0.2) is 24.7 Å². The zero-order valence-electron chi connectivity index (χ0n) is 12.9. The van der Waals surface area contributed by atoms with Gasteiger partial charge in [-0.05, 0) is 35.9 Å². The Morgan fingerprint density at radius 3 is 2.50 bits per heavy atom. The van der Waals surface area contributed by atoms with Gasteiger partial charge in [-0.25, -0.2) is 0 Å². The molecule has 0 aliphatic rings. The van der Waals surface area contributed by atoms with Gasteiger partial charge in [-0.2, -0.15) is 0 Å². The van der Waals surface area contributed by atoms with Crippen molar-refractivity contribution >= 4 is 58.8 Å². The van der Waals surface area contributed by atoms with E-state index in [0.717, 1.165) is 5.56 Å². The molecule has 0 radical (unpaired) electrons. The number of benzene rings is 2. The molecular formula is C16H18Cl2IN3O2. The Hall–Kier alpha value is -1.22. The fourth-order valence-corrected chi connectivity index (χ4v) is 2.29. The summed E-state index contributed by atoms with van der Waals surface area (Å²) >= 11 is 11.8. The number of halogens is 3. The number of ether oxygens (including phenoxy) is 1. The first-order valence-corrected chi connectivity index (χ1v) is 7.59. The molecule has 0 aliphatic heterocycles. The molecule has 0 aliphatic carbocycles. The highest BCUT2D eigenvalue weighted by Gasteiger charge is 2.07. The van der Waals surface area contributed by atoms with E-state index in [1.54, 1.807) is 49.6 Å². The normalized spacial score (nSPS) is 12.2. The minimum atomic E-state index is -0.757. The van der Waals surface area contributed by atoms with Crippen LogP contribution in [0.25, 0.3) is 0 Å². The maximum absolute atomic E-state index is 10.1. The summed E-state index contributed by atoms with van der Waals surface area (Å²) in [6.45, 7) is 0.129. The molecule has 5 nitrogen and oxygen atoms in total. The Kier molecular flexibility index (Phi) is 8.61. The maximum Gasteiger partial charge on any atom is 0.193 e. The molecule has 0 fully saturated rings. The number of methoxy groups -OCH3 is 1. The second-order valence-electron chi connectivity index (χ2n) is 4.77. The summed E-state index contributed by atoms with van der Waals surface area (Å²) in [6, 6.07) is 12.1. The standard InChI is InChI=1S/C16H17Cl2N3O2.HI/c1-23-15-7-6-12(8-13(15)18)21-16(19)20-9-14(22)10-2-4-11(17)5-3-10;/h2-8,14,22H,9H2,1H3,(H3,19,20,21);1H. The van der Waals surface area contributed by atoms with Gasteiger partial charge in [-0.1, -0.05) is 35.3 Å². The van der Waals surface area contributed by atoms with Crippen LogP contribution in [0.4, 0.5) is 5.69 Å². The first kappa shape index (κ1) is 20.8. The van der Waals surface area contributed by atoms with Crippen molar-refractivity contribution < 1.29 is 9.84 Å². The molecular weight excluding hydrogens is 464 g/mol. The van der Waals surface area contributed by atoms with E-state index in [0.29, 0.717) is 21.5 Å². The Morgan fingerprint density at radius 1 is 1.25 bits per heavy atom. The van der Waals surface area contributed by atoms with Gasteiger partial charge in [0.15, 0.2) is 5.96 Å². The number of nitrogens with zero attached hydrogens (tertiary/aromatic N) is 1. The highest BCUT2D eigenvalue weighted by Crippen LogP contribution is 2.27. The SMILES string of the molecule is COc1ccc(NC(N)=NCC(O)c2ccc(Cl)cc2)cc1Cl.I. The molecule has 2 aromatic rings. The van der Waals surface area contributed by atoms with Gasteiger partial charge in [0, 0.05) is 10.7 Å². The lowest BCUT2D eigenvalue weighted by Gasteiger charge is -2.11. The second-order valence-corrected chi connectivity index (χ2v) is 5.61. The highest BCUT2D eigenvalue weighted by molar-refractivity contribution is 14.0. The predicted molar refractivity (Wildman–Crippen MR) is 110 cm³/mol. The molecule has 130 valence electrons. The number of guanidine groups is 1. The third kappa shape index (κ3) is 6.01. The zero-order chi connectivity index (χ0) is 16.8. The van der Waals surface area contributed by atoms with Crippen LogP contribution in [0.15, 0.2) is 47.5 Å². The first-order chi connectivity index (χ1) is 11.0. The van der Waals surface area contributed by atoms with Crippen molar-refractivity contribution in [3.8, 4) is 5.75 Å². The van der Waals surface area contributed by atoms with E-state index in [4.69, 9.17) is 33.7 Å². The van der Waals surface area contributed by atoms with Crippen LogP contribution in [0.2, 0.25) is 10.0 Å². The molecule has 2 aromatic carbocycles. The molecule has 8 heteroatoms. The van der Waals surface area contributed by atoms with Crippen LogP contribution in [0.3, 0.4) is 0 Å². The molecule has 2 rings (SSSR count). The van der Waals surface area contributed by atoms with Gasteiger partial charge in [0.25, 0.3) is 0 Å². The summed E-state index contributed by atoms with van der Waals surface area (Å²) in [4.78, 5) is 4.12. The first-order valence-electron chi connectivity index (χ1n) is 6.83. The molecule has 0 aromatic heterocycles. The van der Waals surface area contributed by atoms with Gasteiger partial charge in [0.2, 0.25) is 0 Å². The number of hydrogen-bond donors (Lipinski definition) is 3. The summed E-state index contributed by atoms with van der Waals surface area (Å²) in [7, 11) is 1.54. The van der Waals surface area contributed by atoms with Gasteiger partial charge in [-0.15, -0.1) is 24.0 Å². The van der Waals surface area contributed by atoms with Crippen LogP contribution >= 0.6 is 47.2 Å². The topological polar surface area (TPSA) is 79.9 Å². The van der Waals surface area contributed by atoms with Crippen molar-refractivity contribution in [3.63, 3.8) is 0 Å². The molecule has 4 N–H and O–H groups in total. The molecule has 1 unspecified atom stereocenters. The Labute approximate surface area is 167 Å². The van der Waals surface area contributed by atoms with Crippen molar-refractivity contribution in [1.29, 1.82) is 0 Å². The van der Waals surface area contributed by atoms with E-state index < -0.39 is 6.10 Å². The lowest BCUT2D eigenvalue weighted by Crippen LogP contribution is -2.23. The van der Waals surface area contributed by atoms with E-state index in [-0.39, 0.29) is 36.5 Å². The number of hydrogen-bond acceptors (Lipinski definition) is 3. The molecule has 24 heavy (non-hydrogen) atoms. The van der Waals surface area contributed by atoms with Gasteiger partial charge >= 0.3 is 0 Å². The number of anilines is 1. The number of aliphatic imine (C=N–C) groups is 1. The number of aliphatic hydroxyl groups is 1. The van der Waals surface area contributed by atoms with Gasteiger partial charge in [0.05, 0.1) is 24.8 Å². The predicted octanol–water partition coefficient (Wildman–Crippen LogP) is 4.08. The van der Waals surface area contributed by atoms with Gasteiger partial charge < -0.3 is 20.9 Å². The van der Waals surface area contributed by atoms with Crippen LogP contribution in [0.1, 0.15) is 11.7 Å². The minimum absolute atomic E-state index is 0. The number of nitrogens with one attached hydrogen (secondary N) is 1. The second kappa shape index (κ2) is 9.93. The van der Waals surface area contributed by atoms with Crippen molar-refractivity contribution in [2.24, 2.45) is 10.7 Å². The van der Waals surface area contributed by atoms with Crippen molar-refractivity contribution in [2.45, 2.75) is 6.10 Å². The molecule has 0 amide bonds. The Balaban J connectivity index is 0.00000288.